The maximum absolute atomic E-state index is 13.1. The highest BCUT2D eigenvalue weighted by Crippen LogP contribution is 2.33. The van der Waals surface area contributed by atoms with Crippen LogP contribution in [0.5, 0.6) is 0 Å². The van der Waals surface area contributed by atoms with E-state index in [9.17, 15) is 22.8 Å². The molecule has 1 unspecified atom stereocenters. The highest BCUT2D eigenvalue weighted by molar-refractivity contribution is 5.88. The van der Waals surface area contributed by atoms with Gasteiger partial charge in [-0.2, -0.15) is 18.3 Å². The Morgan fingerprint density at radius 3 is 2.69 bits per heavy atom. The number of nitrogens with one attached hydrogen (secondary N) is 1. The first-order valence-corrected chi connectivity index (χ1v) is 11.4. The molecule has 1 fully saturated rings. The Morgan fingerprint density at radius 2 is 1.89 bits per heavy atom. The maximum atomic E-state index is 13.1. The van der Waals surface area contributed by atoms with Crippen LogP contribution in [-0.2, 0) is 18.4 Å². The van der Waals surface area contributed by atoms with Crippen LogP contribution >= 0.6 is 0 Å². The van der Waals surface area contributed by atoms with E-state index in [4.69, 9.17) is 0 Å². The summed E-state index contributed by atoms with van der Waals surface area (Å²) < 4.78 is 42.4. The van der Waals surface area contributed by atoms with Crippen molar-refractivity contribution in [2.75, 3.05) is 18.4 Å². The third kappa shape index (κ3) is 4.60. The molecule has 0 bridgehead atoms. The van der Waals surface area contributed by atoms with Gasteiger partial charge in [-0.15, -0.1) is 0 Å². The van der Waals surface area contributed by atoms with Crippen molar-refractivity contribution < 1.29 is 18.0 Å². The molecule has 0 radical (unpaired) electrons. The number of aromatic nitrogens is 3. The van der Waals surface area contributed by atoms with Crippen LogP contribution in [0.25, 0.3) is 21.7 Å². The number of fused-ring (bicyclic) bond motifs is 2. The SMILES string of the molecule is Cn1ncc2cc(Nc3ccc4ccn(CC(=O)N5CCCC(C(F)(F)F)C5)c(=O)c4c3)ccc21. The molecule has 182 valence electrons. The zero-order valence-electron chi connectivity index (χ0n) is 19.0. The van der Waals surface area contributed by atoms with E-state index < -0.39 is 18.0 Å². The number of hydrogen-bond donors (Lipinski definition) is 1. The van der Waals surface area contributed by atoms with Gasteiger partial charge in [0, 0.05) is 48.5 Å². The van der Waals surface area contributed by atoms with Gasteiger partial charge in [0.25, 0.3) is 5.56 Å². The van der Waals surface area contributed by atoms with Crippen LogP contribution < -0.4 is 10.9 Å². The molecule has 0 aliphatic carbocycles. The second-order valence-electron chi connectivity index (χ2n) is 8.94. The van der Waals surface area contributed by atoms with Crippen LogP contribution in [0.2, 0.25) is 0 Å². The lowest BCUT2D eigenvalue weighted by molar-refractivity contribution is -0.188. The van der Waals surface area contributed by atoms with Gasteiger partial charge in [0.15, 0.2) is 0 Å². The number of hydrogen-bond acceptors (Lipinski definition) is 4. The molecule has 1 amide bonds. The lowest BCUT2D eigenvalue weighted by Crippen LogP contribution is -2.46. The van der Waals surface area contributed by atoms with Gasteiger partial charge >= 0.3 is 6.18 Å². The van der Waals surface area contributed by atoms with E-state index in [0.29, 0.717) is 22.9 Å². The first-order valence-electron chi connectivity index (χ1n) is 11.4. The summed E-state index contributed by atoms with van der Waals surface area (Å²) in [6.07, 6.45) is -0.730. The van der Waals surface area contributed by atoms with Crippen molar-refractivity contribution in [2.24, 2.45) is 13.0 Å². The molecule has 4 aromatic rings. The van der Waals surface area contributed by atoms with Crippen molar-refractivity contribution in [3.63, 3.8) is 0 Å². The Hall–Kier alpha value is -3.82. The number of alkyl halides is 3. The molecule has 2 aromatic heterocycles. The smallest absolute Gasteiger partial charge is 0.355 e. The number of amides is 1. The number of halogens is 3. The summed E-state index contributed by atoms with van der Waals surface area (Å²) in [5.74, 6) is -2.01. The average Bonchev–Trinajstić information content (AvgIpc) is 3.20. The number of pyridine rings is 1. The zero-order valence-corrected chi connectivity index (χ0v) is 19.0. The molecule has 3 heterocycles. The van der Waals surface area contributed by atoms with Gasteiger partial charge in [-0.25, -0.2) is 0 Å². The van der Waals surface area contributed by atoms with Crippen LogP contribution in [0, 0.1) is 5.92 Å². The minimum Gasteiger partial charge on any atom is -0.355 e. The molecule has 2 aromatic carbocycles. The van der Waals surface area contributed by atoms with Crippen molar-refractivity contribution >= 4 is 39.0 Å². The molecule has 0 spiro atoms. The maximum Gasteiger partial charge on any atom is 0.393 e. The second-order valence-corrected chi connectivity index (χ2v) is 8.94. The van der Waals surface area contributed by atoms with Gasteiger partial charge in [0.05, 0.1) is 17.6 Å². The molecule has 1 saturated heterocycles. The highest BCUT2D eigenvalue weighted by atomic mass is 19.4. The number of rotatable bonds is 4. The molecule has 1 aliphatic heterocycles. The molecule has 5 rings (SSSR count). The number of likely N-dealkylation sites (tertiary alicyclic amines) is 1. The predicted molar refractivity (Wildman–Crippen MR) is 128 cm³/mol. The molecular weight excluding hydrogens is 459 g/mol. The third-order valence-electron chi connectivity index (χ3n) is 6.56. The van der Waals surface area contributed by atoms with Gasteiger partial charge in [-0.3, -0.25) is 14.3 Å². The van der Waals surface area contributed by atoms with E-state index >= 15 is 0 Å². The summed E-state index contributed by atoms with van der Waals surface area (Å²) in [5.41, 5.74) is 2.16. The summed E-state index contributed by atoms with van der Waals surface area (Å²) in [6, 6.07) is 12.9. The number of piperidine rings is 1. The minimum absolute atomic E-state index is 0.0205. The van der Waals surface area contributed by atoms with Crippen LogP contribution in [-0.4, -0.2) is 44.4 Å². The van der Waals surface area contributed by atoms with E-state index in [1.165, 1.54) is 15.7 Å². The summed E-state index contributed by atoms with van der Waals surface area (Å²) >= 11 is 0. The molecular formula is C25H24F3N5O2. The Morgan fingerprint density at radius 1 is 1.11 bits per heavy atom. The number of nitrogens with zero attached hydrogens (tertiary/aromatic N) is 4. The Kier molecular flexibility index (Phi) is 5.74. The van der Waals surface area contributed by atoms with Crippen LogP contribution in [0.15, 0.2) is 59.7 Å². The van der Waals surface area contributed by atoms with Gasteiger partial charge in [-0.1, -0.05) is 6.07 Å². The van der Waals surface area contributed by atoms with E-state index in [-0.39, 0.29) is 31.6 Å². The van der Waals surface area contributed by atoms with Gasteiger partial charge in [-0.05, 0) is 54.6 Å². The molecule has 35 heavy (non-hydrogen) atoms. The van der Waals surface area contributed by atoms with Crippen molar-refractivity contribution in [3.05, 3.63) is 65.2 Å². The second kappa shape index (κ2) is 8.75. The summed E-state index contributed by atoms with van der Waals surface area (Å²) in [6.45, 7) is -0.391. The number of aryl methyl sites for hydroxylation is 1. The largest absolute Gasteiger partial charge is 0.393 e. The zero-order chi connectivity index (χ0) is 24.7. The summed E-state index contributed by atoms with van der Waals surface area (Å²) in [4.78, 5) is 27.1. The van der Waals surface area contributed by atoms with Crippen molar-refractivity contribution in [1.82, 2.24) is 19.2 Å². The van der Waals surface area contributed by atoms with Crippen molar-refractivity contribution in [1.29, 1.82) is 0 Å². The summed E-state index contributed by atoms with van der Waals surface area (Å²) in [5, 5.41) is 9.63. The first kappa shape index (κ1) is 22.9. The van der Waals surface area contributed by atoms with E-state index in [2.05, 4.69) is 10.4 Å². The molecule has 0 saturated carbocycles. The van der Waals surface area contributed by atoms with E-state index in [1.54, 1.807) is 23.0 Å². The van der Waals surface area contributed by atoms with Crippen LogP contribution in [0.3, 0.4) is 0 Å². The fourth-order valence-electron chi connectivity index (χ4n) is 4.61. The normalized spacial score (nSPS) is 16.7. The lowest BCUT2D eigenvalue weighted by Gasteiger charge is -2.33. The summed E-state index contributed by atoms with van der Waals surface area (Å²) in [7, 11) is 1.87. The topological polar surface area (TPSA) is 72.2 Å². The number of carbonyl (C=O) groups excluding carboxylic acids is 1. The Balaban J connectivity index is 1.37. The number of benzene rings is 2. The fourth-order valence-corrected chi connectivity index (χ4v) is 4.61. The molecule has 1 aliphatic rings. The van der Waals surface area contributed by atoms with Crippen molar-refractivity contribution in [2.45, 2.75) is 25.6 Å². The molecule has 1 N–H and O–H groups in total. The van der Waals surface area contributed by atoms with Crippen LogP contribution in [0.4, 0.5) is 24.5 Å². The number of carbonyl (C=O) groups is 1. The third-order valence-corrected chi connectivity index (χ3v) is 6.56. The van der Waals surface area contributed by atoms with E-state index in [1.807, 2.05) is 37.4 Å². The predicted octanol–water partition coefficient (Wildman–Crippen LogP) is 4.43. The fraction of sp³-hybridized carbons (Fsp3) is 0.320. The number of anilines is 2. The molecule has 1 atom stereocenters. The van der Waals surface area contributed by atoms with Crippen molar-refractivity contribution in [3.8, 4) is 0 Å². The lowest BCUT2D eigenvalue weighted by atomic mass is 9.97. The Bertz CT molecular complexity index is 1470. The standard InChI is InChI=1S/C25H24F3N5O2/c1-31-22-7-6-19(11-17(22)13-29-31)30-20-5-4-16-8-10-33(24(35)21(16)12-20)15-23(34)32-9-2-3-18(14-32)25(26,27)28/h4-8,10-13,18,30H,2-3,9,14-15H2,1H3. The van der Waals surface area contributed by atoms with Gasteiger partial charge < -0.3 is 14.8 Å². The first-order chi connectivity index (χ1) is 16.7. The van der Waals surface area contributed by atoms with E-state index in [0.717, 1.165) is 16.6 Å². The molecule has 10 heteroatoms. The van der Waals surface area contributed by atoms with Crippen LogP contribution in [0.1, 0.15) is 12.8 Å². The monoisotopic (exact) mass is 483 g/mol. The Labute approximate surface area is 198 Å². The average molecular weight is 483 g/mol. The molecule has 7 nitrogen and oxygen atoms in total. The van der Waals surface area contributed by atoms with Gasteiger partial charge in [0.2, 0.25) is 5.91 Å². The highest BCUT2D eigenvalue weighted by Gasteiger charge is 2.42. The quantitative estimate of drug-likeness (QED) is 0.466. The van der Waals surface area contributed by atoms with Gasteiger partial charge in [0.1, 0.15) is 6.54 Å². The minimum atomic E-state index is -4.33.